The largest absolute Gasteiger partial charge is 0.505 e. The molecule has 1 aromatic carbocycles. The van der Waals surface area contributed by atoms with Gasteiger partial charge in [-0.1, -0.05) is 23.7 Å². The molecule has 0 unspecified atom stereocenters. The number of aliphatic imine (C=N–C) groups is 1. The summed E-state index contributed by atoms with van der Waals surface area (Å²) in [6.07, 6.45) is 1.68. The molecule has 0 aromatic heterocycles. The van der Waals surface area contributed by atoms with Crippen molar-refractivity contribution in [1.82, 2.24) is 0 Å². The molecule has 1 aromatic rings. The van der Waals surface area contributed by atoms with Gasteiger partial charge in [0.1, 0.15) is 11.3 Å². The second kappa shape index (κ2) is 5.92. The van der Waals surface area contributed by atoms with Crippen molar-refractivity contribution in [1.29, 1.82) is 0 Å². The monoisotopic (exact) mass is 291 g/mol. The van der Waals surface area contributed by atoms with Crippen LogP contribution in [0.15, 0.2) is 46.3 Å². The SMILES string of the molecule is CCOC(=O)C1=C(O)/C(=C\c2ccc(Cl)cc2)N=C1C. The van der Waals surface area contributed by atoms with Crippen molar-refractivity contribution < 1.29 is 14.6 Å². The maximum atomic E-state index is 11.7. The number of hydrogen-bond donors (Lipinski definition) is 1. The fourth-order valence-corrected chi connectivity index (χ4v) is 1.98. The number of esters is 1. The van der Waals surface area contributed by atoms with E-state index in [1.54, 1.807) is 44.2 Å². The van der Waals surface area contributed by atoms with Gasteiger partial charge in [0.15, 0.2) is 5.76 Å². The van der Waals surface area contributed by atoms with Gasteiger partial charge in [-0.05, 0) is 37.6 Å². The Morgan fingerprint density at radius 3 is 2.65 bits per heavy atom. The summed E-state index contributed by atoms with van der Waals surface area (Å²) in [5.74, 6) is -0.721. The molecular weight excluding hydrogens is 278 g/mol. The third-order valence-electron chi connectivity index (χ3n) is 2.78. The van der Waals surface area contributed by atoms with Gasteiger partial charge in [0.05, 0.1) is 12.3 Å². The minimum atomic E-state index is -0.564. The van der Waals surface area contributed by atoms with Crippen molar-refractivity contribution in [2.75, 3.05) is 6.61 Å². The molecule has 0 saturated heterocycles. The summed E-state index contributed by atoms with van der Waals surface area (Å²) in [7, 11) is 0. The molecule has 5 heteroatoms. The zero-order valence-electron chi connectivity index (χ0n) is 11.2. The number of ether oxygens (including phenoxy) is 1. The Labute approximate surface area is 122 Å². The van der Waals surface area contributed by atoms with Crippen LogP contribution in [0.3, 0.4) is 0 Å². The van der Waals surface area contributed by atoms with E-state index in [0.717, 1.165) is 5.56 Å². The number of benzene rings is 1. The van der Waals surface area contributed by atoms with Crippen LogP contribution in [0.4, 0.5) is 0 Å². The quantitative estimate of drug-likeness (QED) is 0.867. The average molecular weight is 292 g/mol. The fourth-order valence-electron chi connectivity index (χ4n) is 1.85. The summed E-state index contributed by atoms with van der Waals surface area (Å²) in [6.45, 7) is 3.62. The summed E-state index contributed by atoms with van der Waals surface area (Å²) in [5, 5.41) is 10.7. The Hall–Kier alpha value is -2.07. The van der Waals surface area contributed by atoms with Crippen LogP contribution in [0.25, 0.3) is 6.08 Å². The molecule has 0 aliphatic carbocycles. The minimum Gasteiger partial charge on any atom is -0.505 e. The number of carbonyl (C=O) groups excluding carboxylic acids is 1. The molecular formula is C15H14ClNO3. The molecule has 0 amide bonds. The van der Waals surface area contributed by atoms with E-state index in [0.29, 0.717) is 16.4 Å². The van der Waals surface area contributed by atoms with Gasteiger partial charge in [-0.15, -0.1) is 0 Å². The van der Waals surface area contributed by atoms with E-state index in [4.69, 9.17) is 16.3 Å². The van der Waals surface area contributed by atoms with E-state index in [9.17, 15) is 9.90 Å². The van der Waals surface area contributed by atoms with Crippen LogP contribution in [-0.4, -0.2) is 23.4 Å². The van der Waals surface area contributed by atoms with Crippen molar-refractivity contribution >= 4 is 29.4 Å². The molecule has 0 bridgehead atoms. The first-order valence-corrected chi connectivity index (χ1v) is 6.54. The predicted octanol–water partition coefficient (Wildman–Crippen LogP) is 3.53. The standard InChI is InChI=1S/C15H14ClNO3/c1-3-20-15(19)13-9(2)17-12(14(13)18)8-10-4-6-11(16)7-5-10/h4-8,18H,3H2,1-2H3/b12-8+. The van der Waals surface area contributed by atoms with Crippen molar-refractivity contribution in [3.63, 3.8) is 0 Å². The van der Waals surface area contributed by atoms with Crippen LogP contribution in [0.2, 0.25) is 5.02 Å². The Morgan fingerprint density at radius 1 is 1.40 bits per heavy atom. The lowest BCUT2D eigenvalue weighted by atomic mass is 10.1. The highest BCUT2D eigenvalue weighted by atomic mass is 35.5. The lowest BCUT2D eigenvalue weighted by molar-refractivity contribution is -0.138. The van der Waals surface area contributed by atoms with Gasteiger partial charge in [-0.25, -0.2) is 9.79 Å². The van der Waals surface area contributed by atoms with Crippen LogP contribution < -0.4 is 0 Å². The zero-order valence-corrected chi connectivity index (χ0v) is 11.9. The van der Waals surface area contributed by atoms with Crippen LogP contribution >= 0.6 is 11.6 Å². The number of aliphatic hydroxyl groups is 1. The molecule has 1 aliphatic rings. The predicted molar refractivity (Wildman–Crippen MR) is 78.8 cm³/mol. The normalized spacial score (nSPS) is 16.6. The number of nitrogens with zero attached hydrogens (tertiary/aromatic N) is 1. The third kappa shape index (κ3) is 2.91. The van der Waals surface area contributed by atoms with Crippen molar-refractivity contribution in [3.8, 4) is 0 Å². The zero-order chi connectivity index (χ0) is 14.7. The van der Waals surface area contributed by atoms with Crippen LogP contribution in [0.1, 0.15) is 19.4 Å². The highest BCUT2D eigenvalue weighted by Crippen LogP contribution is 2.26. The molecule has 4 nitrogen and oxygen atoms in total. The molecule has 104 valence electrons. The van der Waals surface area contributed by atoms with E-state index in [1.165, 1.54) is 0 Å². The third-order valence-corrected chi connectivity index (χ3v) is 3.03. The first-order valence-electron chi connectivity index (χ1n) is 6.16. The lowest BCUT2D eigenvalue weighted by Gasteiger charge is -2.02. The molecule has 0 fully saturated rings. The number of aliphatic hydroxyl groups excluding tert-OH is 1. The number of carbonyl (C=O) groups is 1. The van der Waals surface area contributed by atoms with Crippen LogP contribution in [0, 0.1) is 0 Å². The molecule has 20 heavy (non-hydrogen) atoms. The summed E-state index contributed by atoms with van der Waals surface area (Å²) in [4.78, 5) is 15.9. The van der Waals surface area contributed by atoms with Crippen molar-refractivity contribution in [2.24, 2.45) is 4.99 Å². The van der Waals surface area contributed by atoms with Crippen LogP contribution in [-0.2, 0) is 9.53 Å². The first kappa shape index (κ1) is 14.3. The highest BCUT2D eigenvalue weighted by molar-refractivity contribution is 6.30. The fraction of sp³-hybridized carbons (Fsp3) is 0.200. The molecule has 1 N–H and O–H groups in total. The van der Waals surface area contributed by atoms with Gasteiger partial charge >= 0.3 is 5.97 Å². The molecule has 1 heterocycles. The topological polar surface area (TPSA) is 58.9 Å². The van der Waals surface area contributed by atoms with Gasteiger partial charge in [0.25, 0.3) is 0 Å². The Morgan fingerprint density at radius 2 is 2.05 bits per heavy atom. The molecule has 0 radical (unpaired) electrons. The maximum Gasteiger partial charge on any atom is 0.343 e. The lowest BCUT2D eigenvalue weighted by Crippen LogP contribution is -2.13. The van der Waals surface area contributed by atoms with E-state index in [2.05, 4.69) is 4.99 Å². The summed E-state index contributed by atoms with van der Waals surface area (Å²) >= 11 is 5.81. The van der Waals surface area contributed by atoms with Gasteiger partial charge in [-0.2, -0.15) is 0 Å². The van der Waals surface area contributed by atoms with E-state index < -0.39 is 5.97 Å². The molecule has 0 spiro atoms. The summed E-state index contributed by atoms with van der Waals surface area (Å²) in [6, 6.07) is 7.09. The Kier molecular flexibility index (Phi) is 4.25. The minimum absolute atomic E-state index is 0.118. The maximum absolute atomic E-state index is 11.7. The number of rotatable bonds is 3. The van der Waals surface area contributed by atoms with E-state index >= 15 is 0 Å². The number of hydrogen-bond acceptors (Lipinski definition) is 4. The highest BCUT2D eigenvalue weighted by Gasteiger charge is 2.27. The first-order chi connectivity index (χ1) is 9.52. The van der Waals surface area contributed by atoms with E-state index in [1.807, 2.05) is 0 Å². The Bertz CT molecular complexity index is 627. The van der Waals surface area contributed by atoms with E-state index in [-0.39, 0.29) is 17.9 Å². The molecule has 0 atom stereocenters. The summed E-state index contributed by atoms with van der Waals surface area (Å²) < 4.78 is 4.90. The molecule has 2 rings (SSSR count). The van der Waals surface area contributed by atoms with Crippen molar-refractivity contribution in [3.05, 3.63) is 51.9 Å². The number of halogens is 1. The Balaban J connectivity index is 2.35. The molecule has 0 saturated carbocycles. The van der Waals surface area contributed by atoms with Crippen LogP contribution in [0.5, 0.6) is 0 Å². The average Bonchev–Trinajstić information content (AvgIpc) is 2.67. The second-order valence-electron chi connectivity index (χ2n) is 4.22. The molecule has 1 aliphatic heterocycles. The van der Waals surface area contributed by atoms with Gasteiger partial charge in [-0.3, -0.25) is 0 Å². The summed E-state index contributed by atoms with van der Waals surface area (Å²) in [5.41, 5.74) is 1.73. The van der Waals surface area contributed by atoms with Gasteiger partial charge in [0, 0.05) is 5.02 Å². The van der Waals surface area contributed by atoms with Crippen molar-refractivity contribution in [2.45, 2.75) is 13.8 Å². The van der Waals surface area contributed by atoms with Gasteiger partial charge < -0.3 is 9.84 Å². The smallest absolute Gasteiger partial charge is 0.343 e. The second-order valence-corrected chi connectivity index (χ2v) is 4.66. The van der Waals surface area contributed by atoms with Gasteiger partial charge in [0.2, 0.25) is 0 Å².